The molecule has 0 amide bonds. The summed E-state index contributed by atoms with van der Waals surface area (Å²) in [5, 5.41) is 6.07. The van der Waals surface area contributed by atoms with Crippen molar-refractivity contribution >= 4 is 18.0 Å². The lowest BCUT2D eigenvalue weighted by molar-refractivity contribution is -0.0570. The van der Waals surface area contributed by atoms with E-state index < -0.39 is 30.1 Å². The molecular formula is C26H27N3O8. The van der Waals surface area contributed by atoms with E-state index in [0.29, 0.717) is 12.2 Å². The van der Waals surface area contributed by atoms with Gasteiger partial charge in [-0.2, -0.15) is 0 Å². The van der Waals surface area contributed by atoms with Gasteiger partial charge in [-0.15, -0.1) is 4.91 Å². The largest absolute Gasteiger partial charge is 0.514 e. The molecule has 0 spiro atoms. The average molecular weight is 510 g/mol. The molecule has 37 heavy (non-hydrogen) atoms. The third kappa shape index (κ3) is 7.14. The quantitative estimate of drug-likeness (QED) is 0.258. The van der Waals surface area contributed by atoms with Crippen LogP contribution in [0.5, 0.6) is 5.75 Å². The van der Waals surface area contributed by atoms with Crippen LogP contribution in [0.25, 0.3) is 11.3 Å². The van der Waals surface area contributed by atoms with Gasteiger partial charge in [0.1, 0.15) is 17.0 Å². The first-order chi connectivity index (χ1) is 17.7. The van der Waals surface area contributed by atoms with Crippen LogP contribution in [0.2, 0.25) is 0 Å². The van der Waals surface area contributed by atoms with E-state index in [1.807, 2.05) is 24.3 Å². The predicted octanol–water partition coefficient (Wildman–Crippen LogP) is 5.16. The highest BCUT2D eigenvalue weighted by Gasteiger charge is 2.42. The van der Waals surface area contributed by atoms with E-state index in [1.165, 1.54) is 30.7 Å². The SMILES string of the molecule is CC(C)(C)OC(=O)O[C@H]1CN[C@H](Cc2ccc(-c3cnco3)cc2)[C@@H]1OC(=O)Oc1ccc(N=O)cc1. The minimum Gasteiger partial charge on any atom is -0.444 e. The lowest BCUT2D eigenvalue weighted by Crippen LogP contribution is -2.41. The molecule has 0 aliphatic carbocycles. The van der Waals surface area contributed by atoms with Crippen LogP contribution in [0.3, 0.4) is 0 Å². The second-order valence-electron chi connectivity index (χ2n) is 9.42. The van der Waals surface area contributed by atoms with Crippen molar-refractivity contribution < 1.29 is 33.0 Å². The molecule has 1 saturated heterocycles. The number of benzene rings is 2. The van der Waals surface area contributed by atoms with Gasteiger partial charge < -0.3 is 28.7 Å². The van der Waals surface area contributed by atoms with Crippen molar-refractivity contribution in [2.45, 2.75) is 51.0 Å². The Morgan fingerprint density at radius 3 is 2.41 bits per heavy atom. The third-order valence-electron chi connectivity index (χ3n) is 5.48. The number of aromatic nitrogens is 1. The Morgan fingerprint density at radius 2 is 1.78 bits per heavy atom. The normalized spacial score (nSPS) is 19.2. The van der Waals surface area contributed by atoms with E-state index in [4.69, 9.17) is 23.4 Å². The molecule has 1 aromatic heterocycles. The fourth-order valence-electron chi connectivity index (χ4n) is 3.84. The Bertz CT molecular complexity index is 1200. The summed E-state index contributed by atoms with van der Waals surface area (Å²) in [4.78, 5) is 39.5. The maximum absolute atomic E-state index is 12.6. The predicted molar refractivity (Wildman–Crippen MR) is 131 cm³/mol. The first-order valence-electron chi connectivity index (χ1n) is 11.6. The number of hydrogen-bond donors (Lipinski definition) is 1. The van der Waals surface area contributed by atoms with Crippen molar-refractivity contribution in [2.75, 3.05) is 6.54 Å². The Labute approximate surface area is 213 Å². The minimum absolute atomic E-state index is 0.174. The van der Waals surface area contributed by atoms with Crippen LogP contribution in [-0.2, 0) is 20.6 Å². The van der Waals surface area contributed by atoms with Gasteiger partial charge in [0.25, 0.3) is 0 Å². The Balaban J connectivity index is 1.46. The summed E-state index contributed by atoms with van der Waals surface area (Å²) in [6.07, 6.45) is -0.0373. The van der Waals surface area contributed by atoms with E-state index in [9.17, 15) is 14.5 Å². The van der Waals surface area contributed by atoms with Crippen molar-refractivity contribution in [3.05, 3.63) is 71.6 Å². The number of carbonyl (C=O) groups is 2. The number of rotatable bonds is 7. The number of nitrogens with zero attached hydrogens (tertiary/aromatic N) is 2. The number of oxazole rings is 1. The monoisotopic (exact) mass is 509 g/mol. The van der Waals surface area contributed by atoms with E-state index in [1.54, 1.807) is 27.0 Å². The molecule has 1 N–H and O–H groups in total. The molecule has 11 nitrogen and oxygen atoms in total. The van der Waals surface area contributed by atoms with Crippen LogP contribution >= 0.6 is 0 Å². The molecule has 0 bridgehead atoms. The van der Waals surface area contributed by atoms with Gasteiger partial charge in [-0.25, -0.2) is 14.6 Å². The molecular weight excluding hydrogens is 482 g/mol. The minimum atomic E-state index is -0.982. The Hall–Kier alpha value is -4.25. The lowest BCUT2D eigenvalue weighted by atomic mass is 10.00. The summed E-state index contributed by atoms with van der Waals surface area (Å²) in [6.45, 7) is 5.42. The van der Waals surface area contributed by atoms with E-state index >= 15 is 0 Å². The first kappa shape index (κ1) is 25.8. The van der Waals surface area contributed by atoms with Gasteiger partial charge in [-0.05, 0) is 62.2 Å². The molecule has 1 aliphatic heterocycles. The smallest absolute Gasteiger partial charge is 0.444 e. The highest BCUT2D eigenvalue weighted by molar-refractivity contribution is 5.65. The summed E-state index contributed by atoms with van der Waals surface area (Å²) in [5.41, 5.74) is 1.28. The lowest BCUT2D eigenvalue weighted by Gasteiger charge is -2.25. The van der Waals surface area contributed by atoms with Crippen molar-refractivity contribution in [3.63, 3.8) is 0 Å². The van der Waals surface area contributed by atoms with Crippen LogP contribution in [-0.4, -0.2) is 47.7 Å². The third-order valence-corrected chi connectivity index (χ3v) is 5.48. The van der Waals surface area contributed by atoms with Crippen molar-refractivity contribution in [3.8, 4) is 17.1 Å². The number of nitroso groups, excluding NO2 is 1. The summed E-state index contributed by atoms with van der Waals surface area (Å²) in [6, 6.07) is 13.0. The van der Waals surface area contributed by atoms with E-state index in [0.717, 1.165) is 11.1 Å². The fourth-order valence-corrected chi connectivity index (χ4v) is 3.84. The van der Waals surface area contributed by atoms with Gasteiger partial charge >= 0.3 is 12.3 Å². The summed E-state index contributed by atoms with van der Waals surface area (Å²) >= 11 is 0. The molecule has 11 heteroatoms. The maximum Gasteiger partial charge on any atom is 0.514 e. The molecule has 3 aromatic rings. The van der Waals surface area contributed by atoms with E-state index in [-0.39, 0.29) is 24.0 Å². The summed E-state index contributed by atoms with van der Waals surface area (Å²) in [5.74, 6) is 0.824. The highest BCUT2D eigenvalue weighted by Crippen LogP contribution is 2.25. The molecule has 1 fully saturated rings. The van der Waals surface area contributed by atoms with Gasteiger partial charge in [0, 0.05) is 12.1 Å². The molecule has 0 radical (unpaired) electrons. The van der Waals surface area contributed by atoms with Crippen LogP contribution in [0, 0.1) is 4.91 Å². The maximum atomic E-state index is 12.6. The second-order valence-corrected chi connectivity index (χ2v) is 9.42. The van der Waals surface area contributed by atoms with Gasteiger partial charge in [0.15, 0.2) is 24.4 Å². The molecule has 4 rings (SSSR count). The van der Waals surface area contributed by atoms with Gasteiger partial charge in [-0.1, -0.05) is 24.3 Å². The molecule has 1 aliphatic rings. The first-order valence-corrected chi connectivity index (χ1v) is 11.6. The van der Waals surface area contributed by atoms with Crippen LogP contribution in [0.1, 0.15) is 26.3 Å². The van der Waals surface area contributed by atoms with Crippen molar-refractivity contribution in [2.24, 2.45) is 5.18 Å². The van der Waals surface area contributed by atoms with Crippen molar-refractivity contribution in [1.82, 2.24) is 10.3 Å². The standard InChI is InChI=1S/C26H27N3O8/c1-26(2,3)37-25(31)35-22-14-28-20(12-16-4-6-17(7-5-16)21-13-27-15-33-21)23(22)36-24(30)34-19-10-8-18(29-32)9-11-19/h4-11,13,15,20,22-23,28H,12,14H2,1-3H3/t20-,22+,23+/m1/s1. The van der Waals surface area contributed by atoms with Gasteiger partial charge in [-0.3, -0.25) is 0 Å². The Kier molecular flexibility index (Phi) is 7.83. The molecule has 2 heterocycles. The second kappa shape index (κ2) is 11.2. The molecule has 2 aromatic carbocycles. The molecule has 0 unspecified atom stereocenters. The van der Waals surface area contributed by atoms with E-state index in [2.05, 4.69) is 15.5 Å². The summed E-state index contributed by atoms with van der Waals surface area (Å²) < 4.78 is 26.9. The number of carbonyl (C=O) groups excluding carboxylic acids is 2. The molecule has 194 valence electrons. The van der Waals surface area contributed by atoms with Crippen LogP contribution in [0.15, 0.2) is 70.7 Å². The fraction of sp³-hybridized carbons (Fsp3) is 0.346. The Morgan fingerprint density at radius 1 is 1.05 bits per heavy atom. The molecule has 0 saturated carbocycles. The zero-order chi connectivity index (χ0) is 26.4. The van der Waals surface area contributed by atoms with Gasteiger partial charge in [0.2, 0.25) is 0 Å². The number of ether oxygens (including phenoxy) is 4. The zero-order valence-corrected chi connectivity index (χ0v) is 20.6. The van der Waals surface area contributed by atoms with Crippen molar-refractivity contribution in [1.29, 1.82) is 0 Å². The highest BCUT2D eigenvalue weighted by atomic mass is 16.8. The number of hydrogen-bond acceptors (Lipinski definition) is 11. The summed E-state index contributed by atoms with van der Waals surface area (Å²) in [7, 11) is 0. The van der Waals surface area contributed by atoms with Gasteiger partial charge in [0.05, 0.1) is 12.2 Å². The molecule has 3 atom stereocenters. The van der Waals surface area contributed by atoms with Crippen LogP contribution < -0.4 is 10.1 Å². The average Bonchev–Trinajstić information content (AvgIpc) is 3.50. The topological polar surface area (TPSA) is 139 Å². The number of nitrogens with one attached hydrogen (secondary N) is 1. The van der Waals surface area contributed by atoms with Crippen LogP contribution in [0.4, 0.5) is 15.3 Å². The zero-order valence-electron chi connectivity index (χ0n) is 20.6.